The molecule has 7 heteroatoms. The fourth-order valence-electron chi connectivity index (χ4n) is 4.08. The van der Waals surface area contributed by atoms with Crippen LogP contribution in [0.1, 0.15) is 68.5 Å². The van der Waals surface area contributed by atoms with Crippen molar-refractivity contribution in [2.24, 2.45) is 0 Å². The third kappa shape index (κ3) is 3.58. The molecule has 0 radical (unpaired) electrons. The van der Waals surface area contributed by atoms with E-state index in [9.17, 15) is 23.8 Å². The van der Waals surface area contributed by atoms with Gasteiger partial charge in [0.05, 0.1) is 17.8 Å². The molecule has 0 bridgehead atoms. The Morgan fingerprint density at radius 3 is 2.46 bits per heavy atom. The molecule has 3 atom stereocenters. The minimum Gasteiger partial charge on any atom is -0.465 e. The first-order valence-corrected chi connectivity index (χ1v) is 9.22. The molecule has 0 fully saturated rings. The summed E-state index contributed by atoms with van der Waals surface area (Å²) in [5.74, 6) is -2.64. The van der Waals surface area contributed by atoms with Crippen molar-refractivity contribution in [1.82, 2.24) is 9.88 Å². The third-order valence-electron chi connectivity index (χ3n) is 5.23. The molecule has 1 aliphatic rings. The number of pyridine rings is 1. The van der Waals surface area contributed by atoms with Gasteiger partial charge in [-0.25, -0.2) is 13.6 Å². The highest BCUT2D eigenvalue weighted by molar-refractivity contribution is 5.67. The van der Waals surface area contributed by atoms with Crippen molar-refractivity contribution in [3.63, 3.8) is 0 Å². The van der Waals surface area contributed by atoms with Crippen LogP contribution in [-0.4, -0.2) is 31.7 Å². The molecule has 2 aromatic rings. The molecule has 1 amide bonds. The second-order valence-corrected chi connectivity index (χ2v) is 8.09. The number of nitrogens with zero attached hydrogens (tertiary/aromatic N) is 2. The number of carboxylic acid groups (broad SMARTS) is 1. The zero-order valence-electron chi connectivity index (χ0n) is 16.1. The number of rotatable bonds is 2. The number of aliphatic hydroxyl groups is 1. The maximum absolute atomic E-state index is 14.7. The smallest absolute Gasteiger partial charge is 0.408 e. The molecule has 0 aliphatic heterocycles. The number of aliphatic hydroxyl groups excluding tert-OH is 1. The summed E-state index contributed by atoms with van der Waals surface area (Å²) in [6.45, 7) is 5.24. The van der Waals surface area contributed by atoms with Crippen LogP contribution in [0.3, 0.4) is 0 Å². The summed E-state index contributed by atoms with van der Waals surface area (Å²) in [6.07, 6.45) is -0.00704. The standard InChI is InChI=1S/C21H24F2N2O3/c1-21(2,3)25(20(27)28)19-13(12-6-4-8-15(22)17(12)23)9-10-16(26)18-14(19)7-5-11-24-18/h4-8,11,13,16,19,26H,9-10H2,1-3H3,(H,27,28)/t13-,16-,19+/m1/s1. The van der Waals surface area contributed by atoms with Crippen LogP contribution in [0.25, 0.3) is 0 Å². The minimum atomic E-state index is -1.18. The topological polar surface area (TPSA) is 73.7 Å². The van der Waals surface area contributed by atoms with Crippen LogP contribution in [0.15, 0.2) is 36.5 Å². The summed E-state index contributed by atoms with van der Waals surface area (Å²) in [7, 11) is 0. The lowest BCUT2D eigenvalue weighted by Crippen LogP contribution is -2.49. The second kappa shape index (κ2) is 7.47. The van der Waals surface area contributed by atoms with Crippen molar-refractivity contribution in [3.8, 4) is 0 Å². The highest BCUT2D eigenvalue weighted by Crippen LogP contribution is 2.48. The fourth-order valence-corrected chi connectivity index (χ4v) is 4.08. The number of hydrogen-bond acceptors (Lipinski definition) is 3. The summed E-state index contributed by atoms with van der Waals surface area (Å²) in [6, 6.07) is 6.46. The van der Waals surface area contributed by atoms with Gasteiger partial charge in [-0.05, 0) is 56.9 Å². The molecule has 1 heterocycles. The van der Waals surface area contributed by atoms with Crippen molar-refractivity contribution in [2.45, 2.75) is 57.2 Å². The average molecular weight is 390 g/mol. The molecule has 2 N–H and O–H groups in total. The zero-order chi connectivity index (χ0) is 20.6. The van der Waals surface area contributed by atoms with E-state index in [0.29, 0.717) is 11.3 Å². The van der Waals surface area contributed by atoms with E-state index in [1.165, 1.54) is 23.2 Å². The van der Waals surface area contributed by atoms with E-state index in [4.69, 9.17) is 0 Å². The van der Waals surface area contributed by atoms with Gasteiger partial charge in [0, 0.05) is 17.7 Å². The van der Waals surface area contributed by atoms with Gasteiger partial charge in [0.1, 0.15) is 0 Å². The highest BCUT2D eigenvalue weighted by Gasteiger charge is 2.43. The maximum atomic E-state index is 14.7. The number of amides is 1. The fraction of sp³-hybridized carbons (Fsp3) is 0.429. The number of benzene rings is 1. The van der Waals surface area contributed by atoms with Crippen LogP contribution < -0.4 is 0 Å². The van der Waals surface area contributed by atoms with Gasteiger partial charge < -0.3 is 10.2 Å². The van der Waals surface area contributed by atoms with Crippen LogP contribution >= 0.6 is 0 Å². The molecule has 0 unspecified atom stereocenters. The minimum absolute atomic E-state index is 0.101. The maximum Gasteiger partial charge on any atom is 0.408 e. The van der Waals surface area contributed by atoms with Crippen molar-refractivity contribution in [2.75, 3.05) is 0 Å². The lowest BCUT2D eigenvalue weighted by molar-refractivity contribution is 0.0584. The first-order chi connectivity index (χ1) is 13.1. The third-order valence-corrected chi connectivity index (χ3v) is 5.23. The van der Waals surface area contributed by atoms with E-state index in [1.54, 1.807) is 32.9 Å². The first-order valence-electron chi connectivity index (χ1n) is 9.22. The summed E-state index contributed by atoms with van der Waals surface area (Å²) in [4.78, 5) is 17.8. The second-order valence-electron chi connectivity index (χ2n) is 8.09. The Morgan fingerprint density at radius 1 is 1.14 bits per heavy atom. The van der Waals surface area contributed by atoms with Gasteiger partial charge in [-0.15, -0.1) is 0 Å². The molecule has 28 heavy (non-hydrogen) atoms. The molecular weight excluding hydrogens is 366 g/mol. The number of carbonyl (C=O) groups is 1. The Bertz CT molecular complexity index is 882. The lowest BCUT2D eigenvalue weighted by Gasteiger charge is -2.43. The molecule has 5 nitrogen and oxygen atoms in total. The summed E-state index contributed by atoms with van der Waals surface area (Å²) in [5, 5.41) is 20.6. The van der Waals surface area contributed by atoms with Crippen LogP contribution in [0.4, 0.5) is 13.6 Å². The van der Waals surface area contributed by atoms with Gasteiger partial charge in [0.15, 0.2) is 11.6 Å². The molecular formula is C21H24F2N2O3. The molecule has 3 rings (SSSR count). The molecule has 1 aromatic heterocycles. The largest absolute Gasteiger partial charge is 0.465 e. The summed E-state index contributed by atoms with van der Waals surface area (Å²) >= 11 is 0. The van der Waals surface area contributed by atoms with E-state index < -0.39 is 41.3 Å². The van der Waals surface area contributed by atoms with Gasteiger partial charge in [0.25, 0.3) is 0 Å². The van der Waals surface area contributed by atoms with E-state index in [-0.39, 0.29) is 18.4 Å². The van der Waals surface area contributed by atoms with E-state index in [0.717, 1.165) is 6.07 Å². The Morgan fingerprint density at radius 2 is 1.82 bits per heavy atom. The van der Waals surface area contributed by atoms with Crippen molar-refractivity contribution in [3.05, 3.63) is 65.0 Å². The molecule has 0 saturated heterocycles. The summed E-state index contributed by atoms with van der Waals surface area (Å²) < 4.78 is 28.7. The number of hydrogen-bond donors (Lipinski definition) is 2. The Balaban J connectivity index is 2.28. The normalized spacial score (nSPS) is 22.3. The predicted molar refractivity (Wildman–Crippen MR) is 99.9 cm³/mol. The van der Waals surface area contributed by atoms with E-state index >= 15 is 0 Å². The van der Waals surface area contributed by atoms with Gasteiger partial charge in [-0.2, -0.15) is 0 Å². The molecule has 1 aromatic carbocycles. The molecule has 0 spiro atoms. The van der Waals surface area contributed by atoms with E-state index in [2.05, 4.69) is 4.98 Å². The van der Waals surface area contributed by atoms with Gasteiger partial charge in [-0.1, -0.05) is 18.2 Å². The number of fused-ring (bicyclic) bond motifs is 1. The van der Waals surface area contributed by atoms with Crippen molar-refractivity contribution < 1.29 is 23.8 Å². The quantitative estimate of drug-likeness (QED) is 0.723. The molecule has 1 aliphatic carbocycles. The van der Waals surface area contributed by atoms with E-state index in [1.807, 2.05) is 0 Å². The lowest BCUT2D eigenvalue weighted by atomic mass is 9.82. The SMILES string of the molecule is CC(C)(C)N(C(=O)O)[C@@H]1c2cccnc2[C@H](O)CC[C@@H]1c1cccc(F)c1F. The Hall–Kier alpha value is -2.54. The van der Waals surface area contributed by atoms with Gasteiger partial charge >= 0.3 is 6.09 Å². The first kappa shape index (κ1) is 20.2. The molecule has 0 saturated carbocycles. The van der Waals surface area contributed by atoms with Crippen LogP contribution in [0.5, 0.6) is 0 Å². The van der Waals surface area contributed by atoms with Crippen LogP contribution in [0, 0.1) is 11.6 Å². The Labute approximate surface area is 162 Å². The van der Waals surface area contributed by atoms with Crippen LogP contribution in [0.2, 0.25) is 0 Å². The van der Waals surface area contributed by atoms with Crippen molar-refractivity contribution >= 4 is 6.09 Å². The van der Waals surface area contributed by atoms with Gasteiger partial charge in [0.2, 0.25) is 0 Å². The highest BCUT2D eigenvalue weighted by atomic mass is 19.2. The predicted octanol–water partition coefficient (Wildman–Crippen LogP) is 4.79. The Kier molecular flexibility index (Phi) is 5.39. The zero-order valence-corrected chi connectivity index (χ0v) is 16.1. The number of halogens is 2. The van der Waals surface area contributed by atoms with Gasteiger partial charge in [-0.3, -0.25) is 9.88 Å². The summed E-state index contributed by atoms with van der Waals surface area (Å²) in [5.41, 5.74) is 0.172. The van der Waals surface area contributed by atoms with Crippen LogP contribution in [-0.2, 0) is 0 Å². The number of aromatic nitrogens is 1. The van der Waals surface area contributed by atoms with Crippen molar-refractivity contribution in [1.29, 1.82) is 0 Å². The molecule has 150 valence electrons. The average Bonchev–Trinajstić information content (AvgIpc) is 2.75. The monoisotopic (exact) mass is 390 g/mol.